The Bertz CT molecular complexity index is 346. The first-order chi connectivity index (χ1) is 8.26. The van der Waals surface area contributed by atoms with Crippen LogP contribution in [0.4, 0.5) is 0 Å². The van der Waals surface area contributed by atoms with Gasteiger partial charge in [0.15, 0.2) is 5.96 Å². The van der Waals surface area contributed by atoms with Crippen molar-refractivity contribution in [3.63, 3.8) is 0 Å². The average Bonchev–Trinajstić information content (AvgIpc) is 2.72. The van der Waals surface area contributed by atoms with Gasteiger partial charge in [-0.05, 0) is 20.3 Å². The highest BCUT2D eigenvalue weighted by Gasteiger charge is 2.00. The Morgan fingerprint density at radius 2 is 2.24 bits per heavy atom. The van der Waals surface area contributed by atoms with Crippen LogP contribution in [0.5, 0.6) is 0 Å². The maximum absolute atomic E-state index is 4.45. The molecule has 17 heavy (non-hydrogen) atoms. The standard InChI is InChI=1S/C12H22N4S/c1-4-7-14-12(13-5-2)15-8-6-11-16-9-10(3)17-11/h9H,4-8H2,1-3H3,(H2,13,14,15). The van der Waals surface area contributed by atoms with Crippen molar-refractivity contribution in [1.29, 1.82) is 0 Å². The quantitative estimate of drug-likeness (QED) is 0.603. The van der Waals surface area contributed by atoms with Gasteiger partial charge in [0.25, 0.3) is 0 Å². The Hall–Kier alpha value is -1.10. The van der Waals surface area contributed by atoms with Gasteiger partial charge < -0.3 is 10.6 Å². The lowest BCUT2D eigenvalue weighted by molar-refractivity contribution is 0.791. The Morgan fingerprint density at radius 1 is 1.41 bits per heavy atom. The smallest absolute Gasteiger partial charge is 0.191 e. The summed E-state index contributed by atoms with van der Waals surface area (Å²) in [5, 5.41) is 7.73. The molecule has 0 saturated heterocycles. The summed E-state index contributed by atoms with van der Waals surface area (Å²) < 4.78 is 0. The van der Waals surface area contributed by atoms with Gasteiger partial charge in [-0.1, -0.05) is 6.92 Å². The molecule has 1 rings (SSSR count). The maximum atomic E-state index is 4.45. The molecule has 1 aromatic rings. The van der Waals surface area contributed by atoms with E-state index >= 15 is 0 Å². The highest BCUT2D eigenvalue weighted by Crippen LogP contribution is 2.10. The minimum atomic E-state index is 0.867. The van der Waals surface area contributed by atoms with E-state index in [0.29, 0.717) is 0 Å². The Labute approximate surface area is 108 Å². The van der Waals surface area contributed by atoms with E-state index < -0.39 is 0 Å². The molecule has 0 unspecified atom stereocenters. The molecule has 96 valence electrons. The Balaban J connectivity index is 2.31. The fraction of sp³-hybridized carbons (Fsp3) is 0.667. The molecule has 1 aromatic heterocycles. The van der Waals surface area contributed by atoms with Crippen molar-refractivity contribution < 1.29 is 0 Å². The van der Waals surface area contributed by atoms with Crippen molar-refractivity contribution in [2.45, 2.75) is 33.6 Å². The monoisotopic (exact) mass is 254 g/mol. The van der Waals surface area contributed by atoms with Gasteiger partial charge in [0.1, 0.15) is 0 Å². The molecule has 0 aliphatic heterocycles. The van der Waals surface area contributed by atoms with Crippen LogP contribution in [0.15, 0.2) is 11.2 Å². The third-order valence-corrected chi connectivity index (χ3v) is 3.11. The zero-order valence-electron chi connectivity index (χ0n) is 10.9. The van der Waals surface area contributed by atoms with Crippen molar-refractivity contribution in [2.24, 2.45) is 4.99 Å². The summed E-state index contributed by atoms with van der Waals surface area (Å²) in [6.45, 7) is 8.93. The van der Waals surface area contributed by atoms with E-state index in [1.807, 2.05) is 6.20 Å². The molecular weight excluding hydrogens is 232 g/mol. The lowest BCUT2D eigenvalue weighted by atomic mass is 10.4. The van der Waals surface area contributed by atoms with Crippen LogP contribution in [-0.2, 0) is 6.42 Å². The molecule has 1 heterocycles. The van der Waals surface area contributed by atoms with Crippen LogP contribution in [0.2, 0.25) is 0 Å². The topological polar surface area (TPSA) is 49.3 Å². The van der Waals surface area contributed by atoms with E-state index in [1.165, 1.54) is 9.88 Å². The number of nitrogens with zero attached hydrogens (tertiary/aromatic N) is 2. The van der Waals surface area contributed by atoms with Gasteiger partial charge in [-0.25, -0.2) is 4.98 Å². The summed E-state index contributed by atoms with van der Waals surface area (Å²) in [5.41, 5.74) is 0. The molecule has 0 amide bonds. The van der Waals surface area contributed by atoms with Crippen molar-refractivity contribution in [3.05, 3.63) is 16.1 Å². The first-order valence-electron chi connectivity index (χ1n) is 6.19. The maximum Gasteiger partial charge on any atom is 0.191 e. The molecule has 0 radical (unpaired) electrons. The molecule has 0 spiro atoms. The van der Waals surface area contributed by atoms with E-state index in [9.17, 15) is 0 Å². The largest absolute Gasteiger partial charge is 0.357 e. The zero-order chi connectivity index (χ0) is 12.5. The summed E-state index contributed by atoms with van der Waals surface area (Å²) in [4.78, 5) is 10.1. The lowest BCUT2D eigenvalue weighted by Crippen LogP contribution is -2.38. The SMILES string of the molecule is CCCN=C(NCC)NCCc1ncc(C)s1. The fourth-order valence-corrected chi connectivity index (χ4v) is 2.16. The predicted octanol–water partition coefficient (Wildman–Crippen LogP) is 1.96. The van der Waals surface area contributed by atoms with E-state index in [0.717, 1.165) is 38.4 Å². The van der Waals surface area contributed by atoms with E-state index in [4.69, 9.17) is 0 Å². The first kappa shape index (κ1) is 14.0. The van der Waals surface area contributed by atoms with Gasteiger partial charge in [-0.3, -0.25) is 4.99 Å². The second-order valence-corrected chi connectivity index (χ2v) is 5.12. The summed E-state index contributed by atoms with van der Waals surface area (Å²) in [6, 6.07) is 0. The van der Waals surface area contributed by atoms with Crippen LogP contribution >= 0.6 is 11.3 Å². The molecule has 4 nitrogen and oxygen atoms in total. The van der Waals surface area contributed by atoms with Crippen molar-refractivity contribution in [2.75, 3.05) is 19.6 Å². The number of hydrogen-bond donors (Lipinski definition) is 2. The van der Waals surface area contributed by atoms with E-state index in [-0.39, 0.29) is 0 Å². The van der Waals surface area contributed by atoms with Crippen LogP contribution in [0.25, 0.3) is 0 Å². The molecule has 0 aliphatic carbocycles. The van der Waals surface area contributed by atoms with E-state index in [1.54, 1.807) is 11.3 Å². The lowest BCUT2D eigenvalue weighted by Gasteiger charge is -2.10. The molecule has 5 heteroatoms. The zero-order valence-corrected chi connectivity index (χ0v) is 11.7. The Morgan fingerprint density at radius 3 is 2.82 bits per heavy atom. The van der Waals surface area contributed by atoms with E-state index in [2.05, 4.69) is 41.4 Å². The van der Waals surface area contributed by atoms with Crippen LogP contribution in [0.3, 0.4) is 0 Å². The number of thiazole rings is 1. The van der Waals surface area contributed by atoms with Crippen LogP contribution in [-0.4, -0.2) is 30.6 Å². The van der Waals surface area contributed by atoms with Gasteiger partial charge in [-0.15, -0.1) is 11.3 Å². The highest BCUT2D eigenvalue weighted by atomic mass is 32.1. The number of aromatic nitrogens is 1. The molecule has 0 fully saturated rings. The van der Waals surface area contributed by atoms with Gasteiger partial charge >= 0.3 is 0 Å². The molecule has 0 aliphatic rings. The summed E-state index contributed by atoms with van der Waals surface area (Å²) in [5.74, 6) is 0.905. The molecule has 0 saturated carbocycles. The number of nitrogens with one attached hydrogen (secondary N) is 2. The first-order valence-corrected chi connectivity index (χ1v) is 7.01. The molecule has 2 N–H and O–H groups in total. The van der Waals surface area contributed by atoms with Crippen molar-refractivity contribution in [1.82, 2.24) is 15.6 Å². The minimum absolute atomic E-state index is 0.867. The number of hydrogen-bond acceptors (Lipinski definition) is 3. The number of guanidine groups is 1. The third kappa shape index (κ3) is 5.68. The Kier molecular flexibility index (Phi) is 6.62. The second-order valence-electron chi connectivity index (χ2n) is 3.80. The third-order valence-electron chi connectivity index (χ3n) is 2.14. The van der Waals surface area contributed by atoms with Gasteiger partial charge in [0, 0.05) is 37.1 Å². The summed E-state index contributed by atoms with van der Waals surface area (Å²) >= 11 is 1.76. The molecular formula is C12H22N4S. The number of rotatable bonds is 6. The molecule has 0 aromatic carbocycles. The van der Waals surface area contributed by atoms with Gasteiger partial charge in [-0.2, -0.15) is 0 Å². The number of aliphatic imine (C=N–C) groups is 1. The minimum Gasteiger partial charge on any atom is -0.357 e. The van der Waals surface area contributed by atoms with Crippen LogP contribution < -0.4 is 10.6 Å². The van der Waals surface area contributed by atoms with Gasteiger partial charge in [0.05, 0.1) is 5.01 Å². The average molecular weight is 254 g/mol. The van der Waals surface area contributed by atoms with Crippen molar-refractivity contribution in [3.8, 4) is 0 Å². The molecule has 0 atom stereocenters. The summed E-state index contributed by atoms with van der Waals surface area (Å²) in [7, 11) is 0. The number of aryl methyl sites for hydroxylation is 1. The predicted molar refractivity (Wildman–Crippen MR) is 74.8 cm³/mol. The summed E-state index contributed by atoms with van der Waals surface area (Å²) in [6.07, 6.45) is 3.95. The normalized spacial score (nSPS) is 11.6. The van der Waals surface area contributed by atoms with Gasteiger partial charge in [0.2, 0.25) is 0 Å². The van der Waals surface area contributed by atoms with Crippen molar-refractivity contribution >= 4 is 17.3 Å². The molecule has 0 bridgehead atoms. The highest BCUT2D eigenvalue weighted by molar-refractivity contribution is 7.11. The fourth-order valence-electron chi connectivity index (χ4n) is 1.37. The second kappa shape index (κ2) is 8.06. The van der Waals surface area contributed by atoms with Crippen LogP contribution in [0, 0.1) is 6.92 Å². The van der Waals surface area contributed by atoms with Crippen LogP contribution in [0.1, 0.15) is 30.2 Å².